The maximum Gasteiger partial charge on any atom is 0.319 e. The molecule has 2 aliphatic carbocycles. The number of hydrogen-bond acceptors (Lipinski definition) is 3. The van der Waals surface area contributed by atoms with Gasteiger partial charge in [0.05, 0.1) is 6.10 Å². The van der Waals surface area contributed by atoms with Crippen molar-refractivity contribution in [2.45, 2.75) is 50.7 Å². The first-order chi connectivity index (χ1) is 8.62. The van der Waals surface area contributed by atoms with E-state index < -0.39 is 11.4 Å². The molecule has 2 saturated carbocycles. The smallest absolute Gasteiger partial charge is 0.319 e. The van der Waals surface area contributed by atoms with E-state index in [-0.39, 0.29) is 18.1 Å². The van der Waals surface area contributed by atoms with Crippen molar-refractivity contribution < 1.29 is 19.4 Å². The normalized spacial score (nSPS) is 33.8. The van der Waals surface area contributed by atoms with Crippen LogP contribution in [0.2, 0.25) is 0 Å². The molecule has 0 aromatic heterocycles. The number of amides is 1. The molecule has 0 radical (unpaired) electrons. The summed E-state index contributed by atoms with van der Waals surface area (Å²) in [6, 6.07) is 0.0914. The van der Waals surface area contributed by atoms with E-state index in [1.54, 1.807) is 0 Å². The molecule has 0 spiro atoms. The van der Waals surface area contributed by atoms with Crippen molar-refractivity contribution in [3.63, 3.8) is 0 Å². The van der Waals surface area contributed by atoms with Crippen molar-refractivity contribution in [3.8, 4) is 0 Å². The van der Waals surface area contributed by atoms with Gasteiger partial charge in [-0.15, -0.1) is 0 Å². The van der Waals surface area contributed by atoms with E-state index in [2.05, 4.69) is 5.32 Å². The Labute approximate surface area is 106 Å². The topological polar surface area (TPSA) is 75.6 Å². The summed E-state index contributed by atoms with van der Waals surface area (Å²) in [7, 11) is 0. The molecule has 2 atom stereocenters. The molecule has 3 aliphatic rings. The van der Waals surface area contributed by atoms with Gasteiger partial charge in [0.1, 0.15) is 5.41 Å². The number of nitrogens with one attached hydrogen (secondary N) is 1. The first-order valence-corrected chi connectivity index (χ1v) is 6.78. The second-order valence-corrected chi connectivity index (χ2v) is 5.83. The number of hydrogen-bond donors (Lipinski definition) is 2. The Balaban J connectivity index is 1.56. The first kappa shape index (κ1) is 12.0. The minimum atomic E-state index is -1.12. The minimum Gasteiger partial charge on any atom is -0.480 e. The zero-order chi connectivity index (χ0) is 12.8. The fourth-order valence-electron chi connectivity index (χ4n) is 2.74. The molecule has 0 bridgehead atoms. The van der Waals surface area contributed by atoms with Gasteiger partial charge < -0.3 is 15.2 Å². The van der Waals surface area contributed by atoms with Crippen LogP contribution in [-0.4, -0.2) is 35.7 Å². The quantitative estimate of drug-likeness (QED) is 0.731. The van der Waals surface area contributed by atoms with Crippen LogP contribution in [0.5, 0.6) is 0 Å². The predicted octanol–water partition coefficient (Wildman–Crippen LogP) is 0.925. The lowest BCUT2D eigenvalue weighted by Crippen LogP contribution is -2.47. The Hall–Kier alpha value is -1.10. The summed E-state index contributed by atoms with van der Waals surface area (Å²) in [5.41, 5.74) is -1.12. The van der Waals surface area contributed by atoms with E-state index in [0.717, 1.165) is 12.8 Å². The van der Waals surface area contributed by atoms with Crippen LogP contribution in [0.15, 0.2) is 0 Å². The lowest BCUT2D eigenvalue weighted by molar-refractivity contribution is -0.149. The summed E-state index contributed by atoms with van der Waals surface area (Å²) in [6.07, 6.45) is 5.31. The molecule has 0 aromatic carbocycles. The number of carboxylic acids is 1. The molecule has 1 aliphatic heterocycles. The third-order valence-electron chi connectivity index (χ3n) is 4.39. The fourth-order valence-corrected chi connectivity index (χ4v) is 2.74. The Morgan fingerprint density at radius 2 is 1.94 bits per heavy atom. The number of aliphatic carboxylic acids is 1. The lowest BCUT2D eigenvalue weighted by atomic mass is 9.98. The van der Waals surface area contributed by atoms with Crippen LogP contribution in [0.1, 0.15) is 38.5 Å². The molecule has 1 heterocycles. The summed E-state index contributed by atoms with van der Waals surface area (Å²) in [6.45, 7) is 0.673. The van der Waals surface area contributed by atoms with E-state index in [1.165, 1.54) is 12.8 Å². The molecular weight excluding hydrogens is 234 g/mol. The van der Waals surface area contributed by atoms with E-state index in [0.29, 0.717) is 25.4 Å². The number of carbonyl (C=O) groups is 2. The summed E-state index contributed by atoms with van der Waals surface area (Å²) in [4.78, 5) is 23.1. The van der Waals surface area contributed by atoms with Gasteiger partial charge in [0.2, 0.25) is 5.91 Å². The molecule has 1 saturated heterocycles. The number of ether oxygens (including phenoxy) is 1. The van der Waals surface area contributed by atoms with Crippen LogP contribution in [0, 0.1) is 11.3 Å². The highest BCUT2D eigenvalue weighted by Crippen LogP contribution is 2.46. The summed E-state index contributed by atoms with van der Waals surface area (Å²) in [5.74, 6) is -0.610. The highest BCUT2D eigenvalue weighted by molar-refractivity contribution is 6.04. The van der Waals surface area contributed by atoms with Gasteiger partial charge in [-0.2, -0.15) is 0 Å². The molecular formula is C13H19NO4. The maximum absolute atomic E-state index is 12.0. The van der Waals surface area contributed by atoms with E-state index in [4.69, 9.17) is 9.84 Å². The standard InChI is InChI=1S/C13H19NO4/c15-11(13(4-5-13)12(16)17)14-9-3-6-18-10(7-9)8-1-2-8/h8-10H,1-7H2,(H,14,15)(H,16,17). The number of rotatable bonds is 4. The molecule has 3 fully saturated rings. The number of carboxylic acid groups (broad SMARTS) is 1. The average Bonchev–Trinajstić information content (AvgIpc) is 3.21. The monoisotopic (exact) mass is 253 g/mol. The van der Waals surface area contributed by atoms with Crippen molar-refractivity contribution in [1.82, 2.24) is 5.32 Å². The fraction of sp³-hybridized carbons (Fsp3) is 0.846. The molecule has 5 heteroatoms. The van der Waals surface area contributed by atoms with Gasteiger partial charge in [-0.3, -0.25) is 9.59 Å². The van der Waals surface area contributed by atoms with Crippen LogP contribution >= 0.6 is 0 Å². The second kappa shape index (κ2) is 4.23. The van der Waals surface area contributed by atoms with Crippen molar-refractivity contribution in [1.29, 1.82) is 0 Å². The minimum absolute atomic E-state index is 0.0914. The maximum atomic E-state index is 12.0. The third kappa shape index (κ3) is 2.11. The lowest BCUT2D eigenvalue weighted by Gasteiger charge is -2.31. The SMILES string of the molecule is O=C(O)C1(C(=O)NC2CCOC(C3CC3)C2)CC1. The zero-order valence-corrected chi connectivity index (χ0v) is 10.4. The molecule has 0 aromatic rings. The Bertz CT molecular complexity index is 373. The number of carbonyl (C=O) groups excluding carboxylic acids is 1. The highest BCUT2D eigenvalue weighted by atomic mass is 16.5. The first-order valence-electron chi connectivity index (χ1n) is 6.78. The van der Waals surface area contributed by atoms with Gasteiger partial charge in [0.15, 0.2) is 0 Å². The van der Waals surface area contributed by atoms with Crippen LogP contribution < -0.4 is 5.32 Å². The predicted molar refractivity (Wildman–Crippen MR) is 62.9 cm³/mol. The molecule has 3 rings (SSSR count). The zero-order valence-electron chi connectivity index (χ0n) is 10.4. The van der Waals surface area contributed by atoms with Gasteiger partial charge in [0.25, 0.3) is 0 Å². The molecule has 18 heavy (non-hydrogen) atoms. The molecule has 2 N–H and O–H groups in total. The average molecular weight is 253 g/mol. The van der Waals surface area contributed by atoms with Gasteiger partial charge in [-0.05, 0) is 44.4 Å². The molecule has 1 amide bonds. The second-order valence-electron chi connectivity index (χ2n) is 5.83. The van der Waals surface area contributed by atoms with Crippen LogP contribution in [-0.2, 0) is 14.3 Å². The van der Waals surface area contributed by atoms with Crippen molar-refractivity contribution in [2.24, 2.45) is 11.3 Å². The van der Waals surface area contributed by atoms with Gasteiger partial charge in [-0.25, -0.2) is 0 Å². The Morgan fingerprint density at radius 3 is 2.50 bits per heavy atom. The summed E-state index contributed by atoms with van der Waals surface area (Å²) < 4.78 is 5.69. The van der Waals surface area contributed by atoms with E-state index >= 15 is 0 Å². The largest absolute Gasteiger partial charge is 0.480 e. The molecule has 5 nitrogen and oxygen atoms in total. The van der Waals surface area contributed by atoms with Gasteiger partial charge >= 0.3 is 5.97 Å². The van der Waals surface area contributed by atoms with Crippen molar-refractivity contribution in [2.75, 3.05) is 6.61 Å². The third-order valence-corrected chi connectivity index (χ3v) is 4.39. The van der Waals surface area contributed by atoms with Crippen LogP contribution in [0.25, 0.3) is 0 Å². The van der Waals surface area contributed by atoms with Crippen molar-refractivity contribution in [3.05, 3.63) is 0 Å². The van der Waals surface area contributed by atoms with Gasteiger partial charge in [-0.1, -0.05) is 0 Å². The highest BCUT2D eigenvalue weighted by Gasteiger charge is 2.57. The van der Waals surface area contributed by atoms with Crippen molar-refractivity contribution >= 4 is 11.9 Å². The summed E-state index contributed by atoms with van der Waals surface area (Å²) in [5, 5.41) is 12.0. The van der Waals surface area contributed by atoms with Crippen LogP contribution in [0.3, 0.4) is 0 Å². The van der Waals surface area contributed by atoms with Crippen LogP contribution in [0.4, 0.5) is 0 Å². The Kier molecular flexibility index (Phi) is 2.81. The Morgan fingerprint density at radius 1 is 1.22 bits per heavy atom. The molecule has 100 valence electrons. The van der Waals surface area contributed by atoms with E-state index in [1.807, 2.05) is 0 Å². The van der Waals surface area contributed by atoms with E-state index in [9.17, 15) is 9.59 Å². The molecule has 2 unspecified atom stereocenters. The van der Waals surface area contributed by atoms with Gasteiger partial charge in [0, 0.05) is 12.6 Å². The summed E-state index contributed by atoms with van der Waals surface area (Å²) >= 11 is 0.